The summed E-state index contributed by atoms with van der Waals surface area (Å²) in [5.41, 5.74) is 1.02. The van der Waals surface area contributed by atoms with Crippen LogP contribution in [0.4, 0.5) is 0 Å². The molecule has 1 aromatic carbocycles. The van der Waals surface area contributed by atoms with Gasteiger partial charge in [-0.3, -0.25) is 9.59 Å². The van der Waals surface area contributed by atoms with E-state index in [4.69, 9.17) is 0 Å². The summed E-state index contributed by atoms with van der Waals surface area (Å²) in [6, 6.07) is 9.89. The predicted molar refractivity (Wildman–Crippen MR) is 86.8 cm³/mol. The lowest BCUT2D eigenvalue weighted by Crippen LogP contribution is -2.39. The summed E-state index contributed by atoms with van der Waals surface area (Å²) in [5, 5.41) is 11.1. The van der Waals surface area contributed by atoms with Crippen LogP contribution < -0.4 is 0 Å². The van der Waals surface area contributed by atoms with Crippen LogP contribution in [0.15, 0.2) is 36.5 Å². The zero-order valence-corrected chi connectivity index (χ0v) is 13.2. The van der Waals surface area contributed by atoms with E-state index in [0.29, 0.717) is 13.1 Å². The summed E-state index contributed by atoms with van der Waals surface area (Å²) >= 11 is 0. The van der Waals surface area contributed by atoms with Crippen molar-refractivity contribution in [3.63, 3.8) is 0 Å². The van der Waals surface area contributed by atoms with Gasteiger partial charge in [-0.1, -0.05) is 18.2 Å². The maximum absolute atomic E-state index is 12.6. The average Bonchev–Trinajstić information content (AvgIpc) is 2.81. The normalized spacial score (nSPS) is 19.0. The van der Waals surface area contributed by atoms with Crippen molar-refractivity contribution in [2.75, 3.05) is 26.2 Å². The molecule has 0 bridgehead atoms. The molecule has 1 aliphatic heterocycles. The van der Waals surface area contributed by atoms with Crippen molar-refractivity contribution in [2.24, 2.45) is 0 Å². The van der Waals surface area contributed by atoms with E-state index >= 15 is 0 Å². The zero-order valence-electron chi connectivity index (χ0n) is 13.2. The number of β-amino-alcohol motifs (C(OH)–C–C–N with tert-alkyl or cyclic N) is 1. The third-order valence-corrected chi connectivity index (χ3v) is 4.29. The summed E-state index contributed by atoms with van der Waals surface area (Å²) in [6.07, 6.45) is 1.20. The second kappa shape index (κ2) is 6.42. The largest absolute Gasteiger partial charge is 0.389 e. The molecule has 0 saturated carbocycles. The molecule has 0 radical (unpaired) electrons. The van der Waals surface area contributed by atoms with Crippen LogP contribution in [0.3, 0.4) is 0 Å². The third kappa shape index (κ3) is 3.37. The number of fused-ring (bicyclic) bond motifs is 1. The van der Waals surface area contributed by atoms with E-state index in [1.54, 1.807) is 9.80 Å². The number of carbonyl (C=O) groups excluding carboxylic acids is 2. The van der Waals surface area contributed by atoms with Gasteiger partial charge in [-0.2, -0.15) is 0 Å². The van der Waals surface area contributed by atoms with Gasteiger partial charge in [-0.15, -0.1) is 0 Å². The van der Waals surface area contributed by atoms with E-state index in [2.05, 4.69) is 0 Å². The van der Waals surface area contributed by atoms with Gasteiger partial charge in [-0.05, 0) is 17.5 Å². The second-order valence-corrected chi connectivity index (χ2v) is 5.96. The van der Waals surface area contributed by atoms with Gasteiger partial charge in [0.1, 0.15) is 6.54 Å². The minimum absolute atomic E-state index is 0.0456. The van der Waals surface area contributed by atoms with Gasteiger partial charge in [0.25, 0.3) is 0 Å². The van der Waals surface area contributed by atoms with Crippen LogP contribution in [-0.4, -0.2) is 63.6 Å². The Morgan fingerprint density at radius 1 is 1.13 bits per heavy atom. The lowest BCUT2D eigenvalue weighted by molar-refractivity contribution is -0.133. The van der Waals surface area contributed by atoms with Crippen molar-refractivity contribution >= 4 is 22.7 Å². The van der Waals surface area contributed by atoms with Crippen LogP contribution >= 0.6 is 0 Å². The summed E-state index contributed by atoms with van der Waals surface area (Å²) in [5.74, 6) is -0.120. The molecule has 1 atom stereocenters. The standard InChI is InChI=1S/C17H21N3O3/c1-13(21)18-8-9-20(11-15(22)10-18)17(23)12-19-7-6-14-4-2-3-5-16(14)19/h2-7,15,22H,8-12H2,1H3/t15-/m1/s1. The molecule has 23 heavy (non-hydrogen) atoms. The Morgan fingerprint density at radius 2 is 1.83 bits per heavy atom. The Hall–Kier alpha value is -2.34. The molecule has 2 heterocycles. The van der Waals surface area contributed by atoms with Gasteiger partial charge in [0.05, 0.1) is 6.10 Å². The van der Waals surface area contributed by atoms with Crippen molar-refractivity contribution in [2.45, 2.75) is 19.6 Å². The Bertz CT molecular complexity index is 725. The number of benzene rings is 1. The fourth-order valence-corrected chi connectivity index (χ4v) is 3.03. The first-order valence-electron chi connectivity index (χ1n) is 7.80. The van der Waals surface area contributed by atoms with E-state index in [1.807, 2.05) is 41.1 Å². The Labute approximate surface area is 134 Å². The smallest absolute Gasteiger partial charge is 0.242 e. The van der Waals surface area contributed by atoms with Crippen LogP contribution in [0.25, 0.3) is 10.9 Å². The van der Waals surface area contributed by atoms with E-state index < -0.39 is 6.10 Å². The molecule has 1 N–H and O–H groups in total. The number of para-hydroxylation sites is 1. The highest BCUT2D eigenvalue weighted by Gasteiger charge is 2.25. The molecule has 0 unspecified atom stereocenters. The van der Waals surface area contributed by atoms with Crippen molar-refractivity contribution < 1.29 is 14.7 Å². The van der Waals surface area contributed by atoms with Crippen LogP contribution in [0.2, 0.25) is 0 Å². The molecule has 0 spiro atoms. The van der Waals surface area contributed by atoms with Gasteiger partial charge >= 0.3 is 0 Å². The summed E-state index contributed by atoms with van der Waals surface area (Å²) < 4.78 is 1.91. The monoisotopic (exact) mass is 315 g/mol. The average molecular weight is 315 g/mol. The number of amides is 2. The molecular weight excluding hydrogens is 294 g/mol. The molecule has 1 aliphatic rings. The predicted octanol–water partition coefficient (Wildman–Crippen LogP) is 0.693. The van der Waals surface area contributed by atoms with Crippen LogP contribution in [0, 0.1) is 0 Å². The maximum atomic E-state index is 12.6. The van der Waals surface area contributed by atoms with Crippen molar-refractivity contribution in [1.82, 2.24) is 14.4 Å². The minimum Gasteiger partial charge on any atom is -0.389 e. The molecule has 1 saturated heterocycles. The van der Waals surface area contributed by atoms with Gasteiger partial charge in [0.2, 0.25) is 11.8 Å². The number of aromatic nitrogens is 1. The van der Waals surface area contributed by atoms with Crippen LogP contribution in [-0.2, 0) is 16.1 Å². The molecule has 6 nitrogen and oxygen atoms in total. The summed E-state index contributed by atoms with van der Waals surface area (Å²) in [4.78, 5) is 27.3. The zero-order chi connectivity index (χ0) is 16.4. The van der Waals surface area contributed by atoms with Gasteiger partial charge in [0, 0.05) is 44.8 Å². The van der Waals surface area contributed by atoms with Crippen molar-refractivity contribution in [3.8, 4) is 0 Å². The number of hydrogen-bond donors (Lipinski definition) is 1. The third-order valence-electron chi connectivity index (χ3n) is 4.29. The van der Waals surface area contributed by atoms with Gasteiger partial charge in [0.15, 0.2) is 0 Å². The Balaban J connectivity index is 1.71. The van der Waals surface area contributed by atoms with E-state index in [9.17, 15) is 14.7 Å². The molecule has 2 aromatic rings. The lowest BCUT2D eigenvalue weighted by Gasteiger charge is -2.22. The van der Waals surface area contributed by atoms with Crippen LogP contribution in [0.1, 0.15) is 6.92 Å². The van der Waals surface area contributed by atoms with E-state index in [0.717, 1.165) is 10.9 Å². The number of carbonyl (C=O) groups is 2. The number of hydrogen-bond acceptors (Lipinski definition) is 3. The summed E-state index contributed by atoms with van der Waals surface area (Å²) in [7, 11) is 0. The highest BCUT2D eigenvalue weighted by Crippen LogP contribution is 2.15. The first kappa shape index (κ1) is 15.6. The van der Waals surface area contributed by atoms with Crippen LogP contribution in [0.5, 0.6) is 0 Å². The molecule has 2 amide bonds. The number of aliphatic hydroxyl groups excluding tert-OH is 1. The molecule has 3 rings (SSSR count). The van der Waals surface area contributed by atoms with Gasteiger partial charge in [-0.25, -0.2) is 0 Å². The second-order valence-electron chi connectivity index (χ2n) is 5.96. The molecule has 1 fully saturated rings. The highest BCUT2D eigenvalue weighted by atomic mass is 16.3. The first-order valence-corrected chi connectivity index (χ1v) is 7.80. The number of aliphatic hydroxyl groups is 1. The van der Waals surface area contributed by atoms with Gasteiger partial charge < -0.3 is 19.5 Å². The number of nitrogens with zero attached hydrogens (tertiary/aromatic N) is 3. The highest BCUT2D eigenvalue weighted by molar-refractivity contribution is 5.83. The Kier molecular flexibility index (Phi) is 4.34. The fraction of sp³-hybridized carbons (Fsp3) is 0.412. The molecule has 1 aromatic heterocycles. The van der Waals surface area contributed by atoms with Crippen molar-refractivity contribution in [3.05, 3.63) is 36.5 Å². The molecule has 0 aliphatic carbocycles. The fourth-order valence-electron chi connectivity index (χ4n) is 3.03. The topological polar surface area (TPSA) is 65.8 Å². The molecule has 122 valence electrons. The minimum atomic E-state index is -0.702. The quantitative estimate of drug-likeness (QED) is 0.887. The molecule has 6 heteroatoms. The Morgan fingerprint density at radius 3 is 2.61 bits per heavy atom. The van der Waals surface area contributed by atoms with E-state index in [1.165, 1.54) is 6.92 Å². The SMILES string of the molecule is CC(=O)N1CCN(C(=O)Cn2ccc3ccccc32)C[C@H](O)C1. The first-order chi connectivity index (χ1) is 11.0. The maximum Gasteiger partial charge on any atom is 0.242 e. The summed E-state index contributed by atoms with van der Waals surface area (Å²) in [6.45, 7) is 3.18. The van der Waals surface area contributed by atoms with E-state index in [-0.39, 0.29) is 31.4 Å². The lowest BCUT2D eigenvalue weighted by atomic mass is 10.2. The van der Waals surface area contributed by atoms with Crippen molar-refractivity contribution in [1.29, 1.82) is 0 Å². The number of rotatable bonds is 2. The molecular formula is C17H21N3O3.